The fourth-order valence-electron chi connectivity index (χ4n) is 1.64. The number of anilines is 1. The average Bonchev–Trinajstić information content (AvgIpc) is 2.37. The number of nitrogens with two attached hydrogens (primary N) is 1. The summed E-state index contributed by atoms with van der Waals surface area (Å²) in [6, 6.07) is 6.15. The van der Waals surface area contributed by atoms with E-state index in [1.807, 2.05) is 11.4 Å². The Bertz CT molecular complexity index is 645. The second kappa shape index (κ2) is 5.53. The van der Waals surface area contributed by atoms with Crippen LogP contribution >= 0.6 is 11.6 Å². The smallest absolute Gasteiger partial charge is 0.318 e. The summed E-state index contributed by atoms with van der Waals surface area (Å²) >= 11 is 6.05. The summed E-state index contributed by atoms with van der Waals surface area (Å²) in [5.41, 5.74) is 6.15. The topological polar surface area (TPSA) is 97.1 Å². The molecule has 7 heteroatoms. The van der Waals surface area contributed by atoms with Crippen LogP contribution < -0.4 is 16.4 Å². The van der Waals surface area contributed by atoms with Gasteiger partial charge in [0.1, 0.15) is 0 Å². The molecule has 0 aliphatic heterocycles. The maximum atomic E-state index is 11.3. The highest BCUT2D eigenvalue weighted by molar-refractivity contribution is 6.35. The van der Waals surface area contributed by atoms with Crippen LogP contribution in [-0.2, 0) is 4.79 Å². The number of primary amides is 1. The Morgan fingerprint density at radius 2 is 2.11 bits per heavy atom. The van der Waals surface area contributed by atoms with E-state index < -0.39 is 11.9 Å². The van der Waals surface area contributed by atoms with E-state index in [4.69, 9.17) is 17.3 Å². The van der Waals surface area contributed by atoms with E-state index in [0.29, 0.717) is 16.2 Å². The summed E-state index contributed by atoms with van der Waals surface area (Å²) < 4.78 is 0. The number of pyridine rings is 1. The van der Waals surface area contributed by atoms with E-state index in [9.17, 15) is 9.59 Å². The van der Waals surface area contributed by atoms with Gasteiger partial charge < -0.3 is 11.1 Å². The monoisotopic (exact) mass is 278 g/mol. The minimum Gasteiger partial charge on any atom is -0.374 e. The van der Waals surface area contributed by atoms with E-state index in [1.165, 1.54) is 0 Å². The van der Waals surface area contributed by atoms with Gasteiger partial charge in [0.05, 0.1) is 22.8 Å². The van der Waals surface area contributed by atoms with Crippen LogP contribution in [0.2, 0.25) is 5.02 Å². The lowest BCUT2D eigenvalue weighted by atomic mass is 10.2. The van der Waals surface area contributed by atoms with Gasteiger partial charge in [0, 0.05) is 11.6 Å². The predicted molar refractivity (Wildman–Crippen MR) is 73.0 cm³/mol. The zero-order valence-corrected chi connectivity index (χ0v) is 10.6. The van der Waals surface area contributed by atoms with Gasteiger partial charge in [-0.3, -0.25) is 15.1 Å². The third-order valence-corrected chi connectivity index (χ3v) is 2.75. The van der Waals surface area contributed by atoms with Gasteiger partial charge in [-0.05, 0) is 24.3 Å². The molecule has 0 unspecified atom stereocenters. The number of nitrogens with one attached hydrogen (secondary N) is 2. The van der Waals surface area contributed by atoms with Crippen molar-refractivity contribution < 1.29 is 9.59 Å². The fourth-order valence-corrected chi connectivity index (χ4v) is 1.85. The highest BCUT2D eigenvalue weighted by Gasteiger charge is 2.08. The molecule has 98 valence electrons. The van der Waals surface area contributed by atoms with Crippen molar-refractivity contribution in [1.82, 2.24) is 10.3 Å². The van der Waals surface area contributed by atoms with Gasteiger partial charge in [-0.1, -0.05) is 11.6 Å². The van der Waals surface area contributed by atoms with Crippen LogP contribution in [0.25, 0.3) is 10.9 Å². The SMILES string of the molecule is NC(=O)NC(=O)CNc1ccc(Cl)c2cccnc12. The molecule has 2 rings (SSSR count). The Labute approximate surface area is 113 Å². The van der Waals surface area contributed by atoms with Gasteiger partial charge in [0.2, 0.25) is 5.91 Å². The third-order valence-electron chi connectivity index (χ3n) is 2.42. The predicted octanol–water partition coefficient (Wildman–Crippen LogP) is 1.49. The van der Waals surface area contributed by atoms with E-state index >= 15 is 0 Å². The normalized spacial score (nSPS) is 10.2. The lowest BCUT2D eigenvalue weighted by Gasteiger charge is -2.09. The summed E-state index contributed by atoms with van der Waals surface area (Å²) in [6.45, 7) is -0.0871. The maximum Gasteiger partial charge on any atom is 0.318 e. The first-order valence-electron chi connectivity index (χ1n) is 5.44. The van der Waals surface area contributed by atoms with Crippen LogP contribution in [-0.4, -0.2) is 23.5 Å². The van der Waals surface area contributed by atoms with Crippen LogP contribution in [0.4, 0.5) is 10.5 Å². The van der Waals surface area contributed by atoms with Crippen molar-refractivity contribution >= 4 is 40.1 Å². The van der Waals surface area contributed by atoms with Gasteiger partial charge in [-0.15, -0.1) is 0 Å². The van der Waals surface area contributed by atoms with Gasteiger partial charge in [0.25, 0.3) is 0 Å². The van der Waals surface area contributed by atoms with Crippen molar-refractivity contribution in [3.8, 4) is 0 Å². The number of hydrogen-bond donors (Lipinski definition) is 3. The Morgan fingerprint density at radius 3 is 2.84 bits per heavy atom. The second-order valence-corrected chi connectivity index (χ2v) is 4.17. The number of nitrogens with zero attached hydrogens (tertiary/aromatic N) is 1. The van der Waals surface area contributed by atoms with E-state index in [-0.39, 0.29) is 6.54 Å². The van der Waals surface area contributed by atoms with Crippen molar-refractivity contribution in [2.24, 2.45) is 5.73 Å². The van der Waals surface area contributed by atoms with Crippen molar-refractivity contribution in [3.05, 3.63) is 35.5 Å². The molecule has 1 aromatic carbocycles. The quantitative estimate of drug-likeness (QED) is 0.792. The number of benzene rings is 1. The summed E-state index contributed by atoms with van der Waals surface area (Å²) in [5.74, 6) is -0.522. The largest absolute Gasteiger partial charge is 0.374 e. The molecule has 0 aliphatic carbocycles. The number of carbonyl (C=O) groups is 2. The van der Waals surface area contributed by atoms with Crippen molar-refractivity contribution in [2.75, 3.05) is 11.9 Å². The first-order chi connectivity index (χ1) is 9.08. The molecule has 0 atom stereocenters. The second-order valence-electron chi connectivity index (χ2n) is 3.76. The lowest BCUT2D eigenvalue weighted by molar-refractivity contribution is -0.118. The Morgan fingerprint density at radius 1 is 1.32 bits per heavy atom. The molecule has 0 spiro atoms. The minimum absolute atomic E-state index is 0.0871. The molecule has 0 bridgehead atoms. The summed E-state index contributed by atoms with van der Waals surface area (Å²) in [4.78, 5) is 26.0. The lowest BCUT2D eigenvalue weighted by Crippen LogP contribution is -2.38. The molecule has 1 aromatic heterocycles. The van der Waals surface area contributed by atoms with Crippen LogP contribution in [0.3, 0.4) is 0 Å². The molecule has 1 heterocycles. The molecular weight excluding hydrogens is 268 g/mol. The average molecular weight is 279 g/mol. The fraction of sp³-hybridized carbons (Fsp3) is 0.0833. The third kappa shape index (κ3) is 3.11. The van der Waals surface area contributed by atoms with E-state index in [1.54, 1.807) is 24.4 Å². The van der Waals surface area contributed by atoms with Crippen molar-refractivity contribution in [3.63, 3.8) is 0 Å². The number of fused-ring (bicyclic) bond motifs is 1. The number of carbonyl (C=O) groups excluding carboxylic acids is 2. The number of aromatic nitrogens is 1. The Balaban J connectivity index is 2.20. The highest BCUT2D eigenvalue weighted by atomic mass is 35.5. The van der Waals surface area contributed by atoms with E-state index in [0.717, 1.165) is 5.39 Å². The van der Waals surface area contributed by atoms with Crippen LogP contribution in [0, 0.1) is 0 Å². The number of amides is 3. The van der Waals surface area contributed by atoms with Crippen LogP contribution in [0.1, 0.15) is 0 Å². The van der Waals surface area contributed by atoms with Crippen molar-refractivity contribution in [1.29, 1.82) is 0 Å². The molecule has 2 aromatic rings. The number of imide groups is 1. The molecule has 0 fully saturated rings. The number of halogens is 1. The van der Waals surface area contributed by atoms with Crippen molar-refractivity contribution in [2.45, 2.75) is 0 Å². The molecular formula is C12H11ClN4O2. The molecule has 6 nitrogen and oxygen atoms in total. The Hall–Kier alpha value is -2.34. The van der Waals surface area contributed by atoms with Gasteiger partial charge in [-0.25, -0.2) is 4.79 Å². The minimum atomic E-state index is -0.883. The maximum absolute atomic E-state index is 11.3. The molecule has 0 aliphatic rings. The zero-order chi connectivity index (χ0) is 13.8. The molecule has 0 radical (unpaired) electrons. The number of urea groups is 1. The summed E-state index contributed by atoms with van der Waals surface area (Å²) in [7, 11) is 0. The number of hydrogen-bond acceptors (Lipinski definition) is 4. The molecule has 4 N–H and O–H groups in total. The van der Waals surface area contributed by atoms with Gasteiger partial charge >= 0.3 is 6.03 Å². The molecule has 19 heavy (non-hydrogen) atoms. The first kappa shape index (κ1) is 13.1. The molecule has 3 amide bonds. The Kier molecular flexibility index (Phi) is 3.82. The molecule has 0 saturated heterocycles. The van der Waals surface area contributed by atoms with Gasteiger partial charge in [-0.2, -0.15) is 0 Å². The van der Waals surface area contributed by atoms with Crippen LogP contribution in [0.5, 0.6) is 0 Å². The van der Waals surface area contributed by atoms with Crippen LogP contribution in [0.15, 0.2) is 30.5 Å². The van der Waals surface area contributed by atoms with Gasteiger partial charge in [0.15, 0.2) is 0 Å². The van der Waals surface area contributed by atoms with E-state index in [2.05, 4.69) is 10.3 Å². The standard InChI is InChI=1S/C12H11ClN4O2/c13-8-3-4-9(11-7(8)2-1-5-15-11)16-6-10(18)17-12(14)19/h1-5,16H,6H2,(H3,14,17,18,19). The zero-order valence-electron chi connectivity index (χ0n) is 9.81. The summed E-state index contributed by atoms with van der Waals surface area (Å²) in [6.07, 6.45) is 1.63. The molecule has 0 saturated carbocycles. The summed E-state index contributed by atoms with van der Waals surface area (Å²) in [5, 5.41) is 6.20. The first-order valence-corrected chi connectivity index (χ1v) is 5.82. The highest BCUT2D eigenvalue weighted by Crippen LogP contribution is 2.27. The number of rotatable bonds is 3.